The Kier molecular flexibility index (Phi) is 6.43. The number of rotatable bonds is 6. The van der Waals surface area contributed by atoms with E-state index in [2.05, 4.69) is 30.5 Å². The van der Waals surface area contributed by atoms with Gasteiger partial charge in [0.1, 0.15) is 4.90 Å². The normalized spacial score (nSPS) is 21.9. The first-order valence-electron chi connectivity index (χ1n) is 10.3. The number of carbonyl (C=O) groups excluding carboxylic acids is 1. The fraction of sp³-hybridized carbons (Fsp3) is 0.619. The van der Waals surface area contributed by atoms with Gasteiger partial charge in [-0.1, -0.05) is 38.8 Å². The van der Waals surface area contributed by atoms with Gasteiger partial charge in [0.15, 0.2) is 5.84 Å². The van der Waals surface area contributed by atoms with E-state index in [1.807, 2.05) is 11.0 Å². The summed E-state index contributed by atoms with van der Waals surface area (Å²) >= 11 is 0. The summed E-state index contributed by atoms with van der Waals surface area (Å²) in [6.45, 7) is 7.71. The van der Waals surface area contributed by atoms with Gasteiger partial charge >= 0.3 is 0 Å². The average molecular weight is 406 g/mol. The Bertz CT molecular complexity index is 848. The van der Waals surface area contributed by atoms with E-state index >= 15 is 0 Å². The number of amides is 1. The summed E-state index contributed by atoms with van der Waals surface area (Å²) in [5.41, 5.74) is 0.644. The lowest BCUT2D eigenvalue weighted by Crippen LogP contribution is -2.47. The van der Waals surface area contributed by atoms with Crippen molar-refractivity contribution in [1.82, 2.24) is 10.2 Å². The molecule has 2 heterocycles. The molecule has 0 saturated carbocycles. The van der Waals surface area contributed by atoms with Gasteiger partial charge in [0, 0.05) is 24.7 Å². The lowest BCUT2D eigenvalue weighted by Gasteiger charge is -2.34. The van der Waals surface area contributed by atoms with Crippen molar-refractivity contribution in [3.8, 4) is 0 Å². The molecule has 0 spiro atoms. The van der Waals surface area contributed by atoms with Gasteiger partial charge in [0.25, 0.3) is 10.0 Å². The number of amidine groups is 1. The van der Waals surface area contributed by atoms with E-state index in [4.69, 9.17) is 0 Å². The van der Waals surface area contributed by atoms with Crippen LogP contribution in [-0.4, -0.2) is 44.2 Å². The Labute approximate surface area is 168 Å². The zero-order chi connectivity index (χ0) is 20.3. The Morgan fingerprint density at radius 1 is 1.25 bits per heavy atom. The quantitative estimate of drug-likeness (QED) is 0.788. The van der Waals surface area contributed by atoms with Crippen LogP contribution in [0.25, 0.3) is 0 Å². The van der Waals surface area contributed by atoms with E-state index in [-0.39, 0.29) is 22.8 Å². The van der Waals surface area contributed by atoms with Gasteiger partial charge in [-0.25, -0.2) is 0 Å². The summed E-state index contributed by atoms with van der Waals surface area (Å²) in [6, 6.07) is 7.07. The van der Waals surface area contributed by atoms with E-state index in [0.717, 1.165) is 32.2 Å². The molecule has 1 N–H and O–H groups in total. The third-order valence-corrected chi connectivity index (χ3v) is 6.84. The summed E-state index contributed by atoms with van der Waals surface area (Å²) in [4.78, 5) is 15.0. The molecule has 2 atom stereocenters. The first-order valence-corrected chi connectivity index (χ1v) is 11.7. The molecular weight excluding hydrogens is 374 g/mol. The molecule has 7 heteroatoms. The predicted molar refractivity (Wildman–Crippen MR) is 111 cm³/mol. The fourth-order valence-corrected chi connectivity index (χ4v) is 5.19. The van der Waals surface area contributed by atoms with Crippen LogP contribution in [0.3, 0.4) is 0 Å². The highest BCUT2D eigenvalue weighted by molar-refractivity contribution is 7.90. The van der Waals surface area contributed by atoms with Crippen LogP contribution in [0, 0.1) is 11.8 Å². The molecule has 1 fully saturated rings. The van der Waals surface area contributed by atoms with Crippen LogP contribution in [0.2, 0.25) is 0 Å². The summed E-state index contributed by atoms with van der Waals surface area (Å²) in [5.74, 6) is 1.09. The molecule has 0 radical (unpaired) electrons. The van der Waals surface area contributed by atoms with Crippen LogP contribution in [0.5, 0.6) is 0 Å². The van der Waals surface area contributed by atoms with Crippen molar-refractivity contribution in [3.05, 3.63) is 29.8 Å². The highest BCUT2D eigenvalue weighted by Gasteiger charge is 2.35. The molecule has 28 heavy (non-hydrogen) atoms. The number of hydrogen-bond donors (Lipinski definition) is 1. The molecule has 154 valence electrons. The topological polar surface area (TPSA) is 78.8 Å². The number of likely N-dealkylation sites (tertiary alicyclic amines) is 1. The predicted octanol–water partition coefficient (Wildman–Crippen LogP) is 3.18. The number of nitrogens with zero attached hydrogens (tertiary/aromatic N) is 2. The number of nitrogens with one attached hydrogen (secondary N) is 1. The maximum atomic E-state index is 12.7. The van der Waals surface area contributed by atoms with E-state index in [9.17, 15) is 13.2 Å². The number of sulfonamides is 1. The van der Waals surface area contributed by atoms with Crippen LogP contribution in [0.1, 0.15) is 58.4 Å². The zero-order valence-electron chi connectivity index (χ0n) is 17.0. The number of benzene rings is 1. The molecule has 1 saturated heterocycles. The molecule has 0 bridgehead atoms. The number of piperidine rings is 1. The summed E-state index contributed by atoms with van der Waals surface area (Å²) in [6.07, 6.45) is 4.94. The van der Waals surface area contributed by atoms with Gasteiger partial charge < -0.3 is 10.2 Å². The van der Waals surface area contributed by atoms with Crippen molar-refractivity contribution >= 4 is 21.8 Å². The highest BCUT2D eigenvalue weighted by atomic mass is 32.2. The van der Waals surface area contributed by atoms with Gasteiger partial charge in [-0.2, -0.15) is 8.42 Å². The largest absolute Gasteiger partial charge is 0.355 e. The minimum absolute atomic E-state index is 0.0662. The Hall–Kier alpha value is -1.89. The Balaban J connectivity index is 1.63. The van der Waals surface area contributed by atoms with Gasteiger partial charge in [-0.3, -0.25) is 4.79 Å². The second-order valence-electron chi connectivity index (χ2n) is 8.41. The van der Waals surface area contributed by atoms with Crippen molar-refractivity contribution in [2.24, 2.45) is 16.2 Å². The van der Waals surface area contributed by atoms with Crippen molar-refractivity contribution < 1.29 is 13.2 Å². The smallest absolute Gasteiger partial charge is 0.285 e. The lowest BCUT2D eigenvalue weighted by atomic mass is 9.95. The van der Waals surface area contributed by atoms with Crippen molar-refractivity contribution in [1.29, 1.82) is 0 Å². The molecule has 1 aromatic rings. The second kappa shape index (κ2) is 8.64. The van der Waals surface area contributed by atoms with Crippen LogP contribution in [-0.2, 0) is 14.8 Å². The number of fused-ring (bicyclic) bond motifs is 1. The van der Waals surface area contributed by atoms with Crippen LogP contribution < -0.4 is 5.32 Å². The zero-order valence-corrected chi connectivity index (χ0v) is 17.8. The molecule has 6 nitrogen and oxygen atoms in total. The van der Waals surface area contributed by atoms with Crippen molar-refractivity contribution in [2.75, 3.05) is 13.1 Å². The molecule has 3 rings (SSSR count). The van der Waals surface area contributed by atoms with E-state index in [1.54, 1.807) is 18.2 Å². The maximum Gasteiger partial charge on any atom is 0.285 e. The number of carbonyl (C=O) groups is 1. The highest BCUT2D eigenvalue weighted by Crippen LogP contribution is 2.29. The second-order valence-corrected chi connectivity index (χ2v) is 9.98. The average Bonchev–Trinajstić information content (AvgIpc) is 2.93. The summed E-state index contributed by atoms with van der Waals surface area (Å²) in [5, 5.41) is 3.15. The number of hydrogen-bond acceptors (Lipinski definition) is 4. The van der Waals surface area contributed by atoms with E-state index < -0.39 is 10.0 Å². The van der Waals surface area contributed by atoms with Gasteiger partial charge in [0.2, 0.25) is 5.91 Å². The summed E-state index contributed by atoms with van der Waals surface area (Å²) < 4.78 is 28.7. The Morgan fingerprint density at radius 2 is 2.00 bits per heavy atom. The Morgan fingerprint density at radius 3 is 2.75 bits per heavy atom. The standard InChI is InChI=1S/C21H31N3O3S/c1-15(2)8-6-9-16(3)22-21(25)17-10-7-13-24(14-17)20-18-11-4-5-12-19(18)28(26,27)23-20/h4-5,11-12,15-17H,6-10,13-14H2,1-3H3,(H,22,25)/t16-,17+/m1/s1. The van der Waals surface area contributed by atoms with E-state index in [1.165, 1.54) is 6.42 Å². The SMILES string of the molecule is CC(C)CCC[C@@H](C)NC(=O)[C@H]1CCCN(C2=NS(=O)(=O)c3ccccc32)C1. The lowest BCUT2D eigenvalue weighted by molar-refractivity contribution is -0.126. The molecule has 0 unspecified atom stereocenters. The fourth-order valence-electron chi connectivity index (χ4n) is 3.97. The third kappa shape index (κ3) is 4.74. The summed E-state index contributed by atoms with van der Waals surface area (Å²) in [7, 11) is -3.63. The third-order valence-electron chi connectivity index (χ3n) is 5.51. The minimum Gasteiger partial charge on any atom is -0.355 e. The molecular formula is C21H31N3O3S. The minimum atomic E-state index is -3.63. The molecule has 1 aromatic carbocycles. The van der Waals surface area contributed by atoms with Crippen LogP contribution in [0.15, 0.2) is 33.6 Å². The molecule has 1 amide bonds. The van der Waals surface area contributed by atoms with Gasteiger partial charge in [-0.05, 0) is 44.2 Å². The van der Waals surface area contributed by atoms with E-state index in [0.29, 0.717) is 23.9 Å². The molecule has 0 aliphatic carbocycles. The van der Waals surface area contributed by atoms with Crippen molar-refractivity contribution in [2.45, 2.75) is 63.8 Å². The molecule has 2 aliphatic heterocycles. The van der Waals surface area contributed by atoms with Gasteiger partial charge in [0.05, 0.1) is 5.92 Å². The van der Waals surface area contributed by atoms with Crippen LogP contribution >= 0.6 is 0 Å². The van der Waals surface area contributed by atoms with Gasteiger partial charge in [-0.15, -0.1) is 4.40 Å². The maximum absolute atomic E-state index is 12.7. The molecule has 2 aliphatic rings. The molecule has 0 aromatic heterocycles. The van der Waals surface area contributed by atoms with Crippen molar-refractivity contribution in [3.63, 3.8) is 0 Å². The first-order chi connectivity index (χ1) is 13.3. The van der Waals surface area contributed by atoms with Crippen LogP contribution in [0.4, 0.5) is 0 Å². The first kappa shape index (κ1) is 20.8. The monoisotopic (exact) mass is 405 g/mol.